The lowest BCUT2D eigenvalue weighted by molar-refractivity contribution is -0.144. The number of carbonyl (C=O) groups is 1. The quantitative estimate of drug-likeness (QED) is 0.762. The van der Waals surface area contributed by atoms with Crippen molar-refractivity contribution < 1.29 is 9.53 Å². The standard InChI is InChI=1S/C18H17BrO2/c1-2-21-18(20)17-15(12-7-4-3-5-8-12)16(17)13-9-6-10-14(19)11-13/h3-11,15-17H,2H2,1H3. The molecule has 3 heteroatoms. The van der Waals surface area contributed by atoms with Crippen molar-refractivity contribution in [3.8, 4) is 0 Å². The van der Waals surface area contributed by atoms with Crippen molar-refractivity contribution in [1.82, 2.24) is 0 Å². The van der Waals surface area contributed by atoms with Gasteiger partial charge in [-0.15, -0.1) is 0 Å². The largest absolute Gasteiger partial charge is 0.466 e. The van der Waals surface area contributed by atoms with Gasteiger partial charge in [-0.2, -0.15) is 0 Å². The summed E-state index contributed by atoms with van der Waals surface area (Å²) in [6.07, 6.45) is 0. The Balaban J connectivity index is 1.92. The van der Waals surface area contributed by atoms with Gasteiger partial charge in [-0.25, -0.2) is 0 Å². The lowest BCUT2D eigenvalue weighted by Crippen LogP contribution is -2.08. The lowest BCUT2D eigenvalue weighted by Gasteiger charge is -2.01. The van der Waals surface area contributed by atoms with E-state index in [4.69, 9.17) is 4.74 Å². The molecule has 0 aromatic heterocycles. The van der Waals surface area contributed by atoms with Gasteiger partial charge in [0.25, 0.3) is 0 Å². The van der Waals surface area contributed by atoms with Crippen LogP contribution in [-0.4, -0.2) is 12.6 Å². The van der Waals surface area contributed by atoms with Gasteiger partial charge in [0.15, 0.2) is 0 Å². The maximum atomic E-state index is 12.2. The first-order chi connectivity index (χ1) is 10.2. The van der Waals surface area contributed by atoms with Gasteiger partial charge in [-0.1, -0.05) is 58.4 Å². The summed E-state index contributed by atoms with van der Waals surface area (Å²) >= 11 is 3.51. The molecule has 2 aromatic carbocycles. The molecule has 3 atom stereocenters. The first-order valence-electron chi connectivity index (χ1n) is 7.19. The number of halogens is 1. The van der Waals surface area contributed by atoms with Crippen LogP contribution in [0.2, 0.25) is 0 Å². The second-order valence-corrected chi connectivity index (χ2v) is 6.21. The third-order valence-corrected chi connectivity index (χ3v) is 4.49. The molecule has 0 heterocycles. The van der Waals surface area contributed by atoms with Crippen LogP contribution in [0.3, 0.4) is 0 Å². The van der Waals surface area contributed by atoms with Crippen molar-refractivity contribution in [3.05, 3.63) is 70.2 Å². The van der Waals surface area contributed by atoms with Gasteiger partial charge in [0, 0.05) is 16.3 Å². The number of esters is 1. The number of hydrogen-bond acceptors (Lipinski definition) is 2. The molecular weight excluding hydrogens is 328 g/mol. The minimum Gasteiger partial charge on any atom is -0.466 e. The van der Waals surface area contributed by atoms with Crippen molar-refractivity contribution in [3.63, 3.8) is 0 Å². The molecule has 2 nitrogen and oxygen atoms in total. The van der Waals surface area contributed by atoms with Gasteiger partial charge in [-0.05, 0) is 30.2 Å². The highest BCUT2D eigenvalue weighted by atomic mass is 79.9. The monoisotopic (exact) mass is 344 g/mol. The Kier molecular flexibility index (Phi) is 4.11. The molecule has 0 bridgehead atoms. The molecule has 0 amide bonds. The van der Waals surface area contributed by atoms with E-state index >= 15 is 0 Å². The predicted octanol–water partition coefficient (Wildman–Crippen LogP) is 4.51. The number of rotatable bonds is 4. The summed E-state index contributed by atoms with van der Waals surface area (Å²) in [5.41, 5.74) is 2.40. The third kappa shape index (κ3) is 2.88. The van der Waals surface area contributed by atoms with E-state index in [-0.39, 0.29) is 23.7 Å². The fourth-order valence-corrected chi connectivity index (χ4v) is 3.48. The maximum Gasteiger partial charge on any atom is 0.310 e. The summed E-state index contributed by atoms with van der Waals surface area (Å²) in [6.45, 7) is 2.29. The van der Waals surface area contributed by atoms with Crippen LogP contribution in [0.5, 0.6) is 0 Å². The van der Waals surface area contributed by atoms with E-state index in [1.165, 1.54) is 11.1 Å². The molecule has 1 aliphatic carbocycles. The van der Waals surface area contributed by atoms with Gasteiger partial charge in [-0.3, -0.25) is 4.79 Å². The van der Waals surface area contributed by atoms with E-state index < -0.39 is 0 Å². The van der Waals surface area contributed by atoms with Gasteiger partial charge in [0.05, 0.1) is 12.5 Å². The maximum absolute atomic E-state index is 12.2. The van der Waals surface area contributed by atoms with Crippen LogP contribution < -0.4 is 0 Å². The van der Waals surface area contributed by atoms with Crippen LogP contribution in [0.4, 0.5) is 0 Å². The van der Waals surface area contributed by atoms with E-state index in [1.54, 1.807) is 0 Å². The van der Waals surface area contributed by atoms with Crippen molar-refractivity contribution in [2.75, 3.05) is 6.61 Å². The van der Waals surface area contributed by atoms with Gasteiger partial charge in [0.1, 0.15) is 0 Å². The van der Waals surface area contributed by atoms with Crippen molar-refractivity contribution >= 4 is 21.9 Å². The molecule has 108 valence electrons. The Labute approximate surface area is 133 Å². The van der Waals surface area contributed by atoms with E-state index in [9.17, 15) is 4.79 Å². The average Bonchev–Trinajstić information content (AvgIpc) is 3.24. The predicted molar refractivity (Wildman–Crippen MR) is 86.2 cm³/mol. The van der Waals surface area contributed by atoms with Gasteiger partial charge in [0.2, 0.25) is 0 Å². The number of ether oxygens (including phenoxy) is 1. The summed E-state index contributed by atoms with van der Waals surface area (Å²) in [5.74, 6) is 0.279. The number of carbonyl (C=O) groups excluding carboxylic acids is 1. The molecular formula is C18H17BrO2. The van der Waals surface area contributed by atoms with Crippen LogP contribution in [0.1, 0.15) is 29.9 Å². The van der Waals surface area contributed by atoms with Crippen LogP contribution in [0.15, 0.2) is 59.1 Å². The van der Waals surface area contributed by atoms with E-state index in [2.05, 4.69) is 40.2 Å². The molecule has 1 aliphatic rings. The van der Waals surface area contributed by atoms with Crippen molar-refractivity contribution in [2.24, 2.45) is 5.92 Å². The summed E-state index contributed by atoms with van der Waals surface area (Å²) in [4.78, 5) is 12.2. The first-order valence-corrected chi connectivity index (χ1v) is 7.98. The molecule has 0 spiro atoms. The minimum atomic E-state index is -0.0867. The Hall–Kier alpha value is -1.61. The molecule has 0 radical (unpaired) electrons. The second-order valence-electron chi connectivity index (χ2n) is 5.30. The lowest BCUT2D eigenvalue weighted by atomic mass is 10.0. The van der Waals surface area contributed by atoms with Crippen LogP contribution in [0.25, 0.3) is 0 Å². The first kappa shape index (κ1) is 14.3. The number of hydrogen-bond donors (Lipinski definition) is 0. The zero-order valence-electron chi connectivity index (χ0n) is 11.8. The fraction of sp³-hybridized carbons (Fsp3) is 0.278. The molecule has 3 unspecified atom stereocenters. The summed E-state index contributed by atoms with van der Waals surface area (Å²) < 4.78 is 6.29. The second kappa shape index (κ2) is 6.02. The van der Waals surface area contributed by atoms with E-state index in [0.29, 0.717) is 6.61 Å². The number of benzene rings is 2. The molecule has 0 N–H and O–H groups in total. The molecule has 2 aromatic rings. The van der Waals surface area contributed by atoms with Gasteiger partial charge < -0.3 is 4.74 Å². The van der Waals surface area contributed by atoms with E-state index in [1.807, 2.05) is 37.3 Å². The molecule has 21 heavy (non-hydrogen) atoms. The molecule has 3 rings (SSSR count). The molecule has 1 saturated carbocycles. The van der Waals surface area contributed by atoms with Crippen LogP contribution >= 0.6 is 15.9 Å². The van der Waals surface area contributed by atoms with Crippen LogP contribution in [0, 0.1) is 5.92 Å². The normalized spacial score (nSPS) is 23.6. The van der Waals surface area contributed by atoms with Gasteiger partial charge >= 0.3 is 5.97 Å². The zero-order valence-corrected chi connectivity index (χ0v) is 13.4. The Morgan fingerprint density at radius 2 is 1.71 bits per heavy atom. The topological polar surface area (TPSA) is 26.3 Å². The SMILES string of the molecule is CCOC(=O)C1C(c2ccccc2)C1c1cccc(Br)c1. The highest BCUT2D eigenvalue weighted by molar-refractivity contribution is 9.10. The van der Waals surface area contributed by atoms with Crippen LogP contribution in [-0.2, 0) is 9.53 Å². The van der Waals surface area contributed by atoms with Crippen molar-refractivity contribution in [1.29, 1.82) is 0 Å². The Morgan fingerprint density at radius 1 is 1.05 bits per heavy atom. The summed E-state index contributed by atoms with van der Waals surface area (Å²) in [6, 6.07) is 18.4. The summed E-state index contributed by atoms with van der Waals surface area (Å²) in [7, 11) is 0. The third-order valence-electron chi connectivity index (χ3n) is 4.00. The van der Waals surface area contributed by atoms with E-state index in [0.717, 1.165) is 4.47 Å². The molecule has 1 fully saturated rings. The Morgan fingerprint density at radius 3 is 2.38 bits per heavy atom. The zero-order chi connectivity index (χ0) is 14.8. The molecule has 0 aliphatic heterocycles. The highest BCUT2D eigenvalue weighted by Gasteiger charge is 2.57. The smallest absolute Gasteiger partial charge is 0.310 e. The molecule has 0 saturated heterocycles. The highest BCUT2D eigenvalue weighted by Crippen LogP contribution is 2.61. The van der Waals surface area contributed by atoms with Crippen molar-refractivity contribution in [2.45, 2.75) is 18.8 Å². The Bertz CT molecular complexity index is 639. The minimum absolute atomic E-state index is 0.0679. The average molecular weight is 345 g/mol. The fourth-order valence-electron chi connectivity index (χ4n) is 3.06. The summed E-state index contributed by atoms with van der Waals surface area (Å²) in [5, 5.41) is 0.